The van der Waals surface area contributed by atoms with Crippen molar-refractivity contribution >= 4 is 17.6 Å². The molecular weight excluding hydrogens is 440 g/mol. The first-order chi connectivity index (χ1) is 17.0. The van der Waals surface area contributed by atoms with Gasteiger partial charge in [-0.15, -0.1) is 0 Å². The number of unbranched alkanes of at least 4 members (excludes halogenated alkanes) is 1. The van der Waals surface area contributed by atoms with E-state index in [1.165, 1.54) is 11.2 Å². The molecule has 2 amide bonds. The number of benzene rings is 2. The summed E-state index contributed by atoms with van der Waals surface area (Å²) in [5, 5.41) is 7.85. The second kappa shape index (κ2) is 10.9. The van der Waals surface area contributed by atoms with E-state index in [0.717, 1.165) is 40.9 Å². The summed E-state index contributed by atoms with van der Waals surface area (Å²) in [6.07, 6.45) is 3.15. The Kier molecular flexibility index (Phi) is 7.45. The van der Waals surface area contributed by atoms with Crippen LogP contribution in [0.25, 0.3) is 16.8 Å². The van der Waals surface area contributed by atoms with E-state index < -0.39 is 0 Å². The van der Waals surface area contributed by atoms with Crippen LogP contribution in [0.2, 0.25) is 0 Å². The van der Waals surface area contributed by atoms with Gasteiger partial charge in [-0.05, 0) is 49.6 Å². The van der Waals surface area contributed by atoms with Crippen LogP contribution >= 0.6 is 0 Å². The minimum Gasteiger partial charge on any atom is -0.459 e. The Balaban J connectivity index is 1.69. The van der Waals surface area contributed by atoms with Crippen LogP contribution in [-0.4, -0.2) is 39.6 Å². The third-order valence-electron chi connectivity index (χ3n) is 5.86. The predicted molar refractivity (Wildman–Crippen MR) is 137 cm³/mol. The van der Waals surface area contributed by atoms with E-state index in [4.69, 9.17) is 9.52 Å². The van der Waals surface area contributed by atoms with Crippen molar-refractivity contribution in [3.05, 3.63) is 90.0 Å². The lowest BCUT2D eigenvalue weighted by molar-refractivity contribution is -0.117. The van der Waals surface area contributed by atoms with Gasteiger partial charge in [-0.25, -0.2) is 4.68 Å². The van der Waals surface area contributed by atoms with Gasteiger partial charge in [0.25, 0.3) is 5.91 Å². The molecule has 2 aromatic carbocycles. The lowest BCUT2D eigenvalue weighted by atomic mass is 10.1. The van der Waals surface area contributed by atoms with Gasteiger partial charge in [0, 0.05) is 12.1 Å². The Morgan fingerprint density at radius 1 is 1.00 bits per heavy atom. The molecule has 4 rings (SSSR count). The second-order valence-electron chi connectivity index (χ2n) is 8.48. The number of aromatic nitrogens is 2. The fraction of sp³-hybridized carbons (Fsp3) is 0.250. The molecule has 0 unspecified atom stereocenters. The number of furan rings is 1. The number of rotatable bonds is 9. The highest BCUT2D eigenvalue weighted by molar-refractivity contribution is 6.00. The summed E-state index contributed by atoms with van der Waals surface area (Å²) in [7, 11) is 0. The van der Waals surface area contributed by atoms with E-state index in [2.05, 4.69) is 5.32 Å². The number of hydrogen-bond acceptors (Lipinski definition) is 4. The van der Waals surface area contributed by atoms with Gasteiger partial charge in [0.2, 0.25) is 5.91 Å². The van der Waals surface area contributed by atoms with E-state index in [0.29, 0.717) is 12.4 Å². The second-order valence-corrected chi connectivity index (χ2v) is 8.48. The molecule has 0 atom stereocenters. The SMILES string of the molecule is CCCCN(CC(=O)Nc1c(-c2ccccc2)c(C)nn1-c1ccccc1C)C(=O)c1ccco1. The number of nitrogens with one attached hydrogen (secondary N) is 1. The maximum atomic E-state index is 13.3. The van der Waals surface area contributed by atoms with E-state index in [1.54, 1.807) is 16.8 Å². The summed E-state index contributed by atoms with van der Waals surface area (Å²) in [5.41, 5.74) is 4.50. The number of anilines is 1. The highest BCUT2D eigenvalue weighted by Gasteiger charge is 2.24. The molecule has 0 aliphatic rings. The standard InChI is InChI=1S/C28H30N4O3/c1-4-5-17-31(28(34)24-16-11-18-35-24)19-25(33)29-27-26(22-13-7-6-8-14-22)21(3)30-32(27)23-15-10-9-12-20(23)2/h6-16,18H,4-5,17,19H2,1-3H3,(H,29,33). The van der Waals surface area contributed by atoms with Gasteiger partial charge in [-0.2, -0.15) is 5.10 Å². The van der Waals surface area contributed by atoms with Gasteiger partial charge in [0.05, 0.1) is 17.6 Å². The zero-order valence-electron chi connectivity index (χ0n) is 20.3. The summed E-state index contributed by atoms with van der Waals surface area (Å²) in [4.78, 5) is 27.8. The zero-order chi connectivity index (χ0) is 24.8. The van der Waals surface area contributed by atoms with Crippen LogP contribution in [-0.2, 0) is 4.79 Å². The summed E-state index contributed by atoms with van der Waals surface area (Å²) in [6.45, 7) is 6.36. The lowest BCUT2D eigenvalue weighted by Crippen LogP contribution is -2.38. The molecule has 2 heterocycles. The van der Waals surface area contributed by atoms with E-state index in [1.807, 2.05) is 75.4 Å². The lowest BCUT2D eigenvalue weighted by Gasteiger charge is -2.21. The van der Waals surface area contributed by atoms with Crippen LogP contribution in [0.5, 0.6) is 0 Å². The molecule has 0 aliphatic heterocycles. The van der Waals surface area contributed by atoms with Crippen molar-refractivity contribution in [2.75, 3.05) is 18.4 Å². The quantitative estimate of drug-likeness (QED) is 0.344. The molecule has 0 aliphatic carbocycles. The number of aryl methyl sites for hydroxylation is 2. The molecule has 1 N–H and O–H groups in total. The van der Waals surface area contributed by atoms with Crippen molar-refractivity contribution in [1.82, 2.24) is 14.7 Å². The number of nitrogens with zero attached hydrogens (tertiary/aromatic N) is 3. The number of carbonyl (C=O) groups excluding carboxylic acids is 2. The summed E-state index contributed by atoms with van der Waals surface area (Å²) < 4.78 is 7.06. The van der Waals surface area contributed by atoms with Gasteiger partial charge >= 0.3 is 0 Å². The monoisotopic (exact) mass is 470 g/mol. The van der Waals surface area contributed by atoms with E-state index in [9.17, 15) is 9.59 Å². The molecule has 7 nitrogen and oxygen atoms in total. The van der Waals surface area contributed by atoms with Crippen LogP contribution < -0.4 is 5.32 Å². The van der Waals surface area contributed by atoms with E-state index in [-0.39, 0.29) is 24.1 Å². The molecule has 0 saturated heterocycles. The maximum absolute atomic E-state index is 13.3. The molecule has 4 aromatic rings. The Bertz CT molecular complexity index is 1290. The van der Waals surface area contributed by atoms with Gasteiger partial charge < -0.3 is 14.6 Å². The molecule has 0 saturated carbocycles. The minimum absolute atomic E-state index is 0.0915. The highest BCUT2D eigenvalue weighted by Crippen LogP contribution is 2.34. The van der Waals surface area contributed by atoms with E-state index >= 15 is 0 Å². The molecule has 0 spiro atoms. The molecule has 180 valence electrons. The average molecular weight is 471 g/mol. The van der Waals surface area contributed by atoms with Crippen molar-refractivity contribution < 1.29 is 14.0 Å². The number of hydrogen-bond donors (Lipinski definition) is 1. The zero-order valence-corrected chi connectivity index (χ0v) is 20.3. The molecular formula is C28H30N4O3. The molecule has 7 heteroatoms. The van der Waals surface area contributed by atoms with Crippen LogP contribution in [0.15, 0.2) is 77.4 Å². The van der Waals surface area contributed by atoms with Gasteiger partial charge in [-0.1, -0.05) is 61.9 Å². The summed E-state index contributed by atoms with van der Waals surface area (Å²) in [5.74, 6) is 0.201. The Morgan fingerprint density at radius 2 is 1.74 bits per heavy atom. The van der Waals surface area contributed by atoms with Crippen molar-refractivity contribution in [2.45, 2.75) is 33.6 Å². The molecule has 35 heavy (non-hydrogen) atoms. The van der Waals surface area contributed by atoms with Crippen LogP contribution in [0.1, 0.15) is 41.6 Å². The number of amides is 2. The van der Waals surface area contributed by atoms with Gasteiger partial charge in [0.1, 0.15) is 12.4 Å². The number of para-hydroxylation sites is 1. The summed E-state index contributed by atoms with van der Waals surface area (Å²) >= 11 is 0. The fourth-order valence-electron chi connectivity index (χ4n) is 4.07. The van der Waals surface area contributed by atoms with Crippen LogP contribution in [0.3, 0.4) is 0 Å². The smallest absolute Gasteiger partial charge is 0.290 e. The normalized spacial score (nSPS) is 10.8. The first-order valence-corrected chi connectivity index (χ1v) is 11.8. The average Bonchev–Trinajstić information content (AvgIpc) is 3.50. The van der Waals surface area contributed by atoms with Crippen LogP contribution in [0, 0.1) is 13.8 Å². The summed E-state index contributed by atoms with van der Waals surface area (Å²) in [6, 6.07) is 21.0. The van der Waals surface area contributed by atoms with Gasteiger partial charge in [-0.3, -0.25) is 9.59 Å². The fourth-order valence-corrected chi connectivity index (χ4v) is 4.07. The van der Waals surface area contributed by atoms with Crippen molar-refractivity contribution in [2.24, 2.45) is 0 Å². The molecule has 0 radical (unpaired) electrons. The maximum Gasteiger partial charge on any atom is 0.290 e. The van der Waals surface area contributed by atoms with Crippen molar-refractivity contribution in [1.29, 1.82) is 0 Å². The third kappa shape index (κ3) is 5.35. The first kappa shape index (κ1) is 24.0. The topological polar surface area (TPSA) is 80.4 Å². The molecule has 2 aromatic heterocycles. The molecule has 0 fully saturated rings. The van der Waals surface area contributed by atoms with Crippen molar-refractivity contribution in [3.8, 4) is 16.8 Å². The Morgan fingerprint density at radius 3 is 2.43 bits per heavy atom. The van der Waals surface area contributed by atoms with Crippen molar-refractivity contribution in [3.63, 3.8) is 0 Å². The first-order valence-electron chi connectivity index (χ1n) is 11.8. The Hall–Kier alpha value is -4.13. The third-order valence-corrected chi connectivity index (χ3v) is 5.86. The Labute approximate surface area is 205 Å². The minimum atomic E-state index is -0.300. The predicted octanol–water partition coefficient (Wildman–Crippen LogP) is 5.63. The van der Waals surface area contributed by atoms with Crippen LogP contribution in [0.4, 0.5) is 5.82 Å². The number of carbonyl (C=O) groups is 2. The largest absolute Gasteiger partial charge is 0.459 e. The van der Waals surface area contributed by atoms with Gasteiger partial charge in [0.15, 0.2) is 5.76 Å². The molecule has 0 bridgehead atoms. The highest BCUT2D eigenvalue weighted by atomic mass is 16.3.